The largest absolute Gasteiger partial charge is 0.311 e. The molecular formula is C56H43N5. The highest BCUT2D eigenvalue weighted by Gasteiger charge is 2.36. The summed E-state index contributed by atoms with van der Waals surface area (Å²) in [6.45, 7) is 4.72. The first kappa shape index (κ1) is 36.2. The van der Waals surface area contributed by atoms with E-state index in [-0.39, 0.29) is 5.41 Å². The van der Waals surface area contributed by atoms with Crippen molar-refractivity contribution < 1.29 is 0 Å². The van der Waals surface area contributed by atoms with Gasteiger partial charge in [-0.05, 0) is 139 Å². The van der Waals surface area contributed by atoms with Gasteiger partial charge in [0.15, 0.2) is 0 Å². The van der Waals surface area contributed by atoms with Crippen molar-refractivity contribution in [2.24, 2.45) is 0 Å². The van der Waals surface area contributed by atoms with Crippen molar-refractivity contribution in [3.63, 3.8) is 0 Å². The normalized spacial score (nSPS) is 12.6. The van der Waals surface area contributed by atoms with Gasteiger partial charge in [0, 0.05) is 68.2 Å². The number of para-hydroxylation sites is 5. The van der Waals surface area contributed by atoms with Crippen molar-refractivity contribution >= 4 is 73.1 Å². The summed E-state index contributed by atoms with van der Waals surface area (Å²) >= 11 is 0. The molecule has 3 heterocycles. The molecule has 11 rings (SSSR count). The summed E-state index contributed by atoms with van der Waals surface area (Å²) in [6.07, 6.45) is 1.92. The van der Waals surface area contributed by atoms with Crippen LogP contribution in [0.3, 0.4) is 0 Å². The minimum absolute atomic E-state index is 0.271. The van der Waals surface area contributed by atoms with Gasteiger partial charge in [0.05, 0.1) is 22.2 Å². The SMILES string of the molecule is CC1(C)c2ccccc2-n2c3cccnc3c3cc(N(c4ccc(N(c5ccccc5)c5ccccc5)cc4)c4ccc(N(c5ccccc5)c5ccccc5)cc4)cc1c32. The molecule has 1 aliphatic rings. The van der Waals surface area contributed by atoms with Gasteiger partial charge in [-0.25, -0.2) is 0 Å². The molecule has 0 unspecified atom stereocenters. The average Bonchev–Trinajstić information content (AvgIpc) is 3.65. The van der Waals surface area contributed by atoms with Gasteiger partial charge in [-0.15, -0.1) is 0 Å². The highest BCUT2D eigenvalue weighted by atomic mass is 15.2. The molecule has 0 saturated carbocycles. The first-order chi connectivity index (χ1) is 30.0. The van der Waals surface area contributed by atoms with Crippen molar-refractivity contribution in [3.05, 3.63) is 236 Å². The Morgan fingerprint density at radius 3 is 1.23 bits per heavy atom. The van der Waals surface area contributed by atoms with Crippen molar-refractivity contribution in [1.29, 1.82) is 0 Å². The summed E-state index contributed by atoms with van der Waals surface area (Å²) in [5, 5.41) is 1.14. The van der Waals surface area contributed by atoms with Crippen molar-refractivity contribution in [3.8, 4) is 5.69 Å². The minimum atomic E-state index is -0.271. The fourth-order valence-electron chi connectivity index (χ4n) is 9.30. The fraction of sp³-hybridized carbons (Fsp3) is 0.0536. The van der Waals surface area contributed by atoms with Gasteiger partial charge in [0.25, 0.3) is 0 Å². The predicted molar refractivity (Wildman–Crippen MR) is 255 cm³/mol. The van der Waals surface area contributed by atoms with E-state index >= 15 is 0 Å². The molecule has 0 bridgehead atoms. The summed E-state index contributed by atoms with van der Waals surface area (Å²) in [7, 11) is 0. The van der Waals surface area contributed by atoms with Crippen LogP contribution in [0, 0.1) is 0 Å². The Morgan fingerprint density at radius 2 is 0.770 bits per heavy atom. The van der Waals surface area contributed by atoms with Crippen LogP contribution in [0.5, 0.6) is 0 Å². The molecule has 0 aliphatic carbocycles. The highest BCUT2D eigenvalue weighted by Crippen LogP contribution is 2.50. The Labute approximate surface area is 356 Å². The molecule has 0 N–H and O–H groups in total. The Balaban J connectivity index is 1.11. The number of benzene rings is 8. The van der Waals surface area contributed by atoms with E-state index in [9.17, 15) is 0 Å². The molecule has 0 saturated heterocycles. The number of rotatable bonds is 9. The van der Waals surface area contributed by atoms with Crippen LogP contribution in [0.1, 0.15) is 25.0 Å². The average molecular weight is 786 g/mol. The molecule has 2 aromatic heterocycles. The molecule has 0 spiro atoms. The second-order valence-corrected chi connectivity index (χ2v) is 16.1. The standard InChI is InChI=1S/C56H43N5/c1-56(2)50-26-15-16-27-52(50)61-53-28-17-37-57-54(53)49-38-48(39-51(56)55(49)61)60(46-33-29-44(30-34-46)58(40-18-7-3-8-19-40)41-20-9-4-10-21-41)47-35-31-45(32-36-47)59(42-22-11-5-12-23-42)43-24-13-6-14-25-43/h3-39H,1-2H3. The number of anilines is 9. The molecule has 0 amide bonds. The first-order valence-corrected chi connectivity index (χ1v) is 20.9. The van der Waals surface area contributed by atoms with E-state index < -0.39 is 0 Å². The Hall–Kier alpha value is -7.89. The third-order valence-electron chi connectivity index (χ3n) is 12.1. The number of hydrogen-bond donors (Lipinski definition) is 0. The van der Waals surface area contributed by atoms with Gasteiger partial charge in [0.2, 0.25) is 0 Å². The molecule has 10 aromatic rings. The summed E-state index contributed by atoms with van der Waals surface area (Å²) in [5.41, 5.74) is 16.6. The lowest BCUT2D eigenvalue weighted by Gasteiger charge is -2.36. The van der Waals surface area contributed by atoms with Crippen LogP contribution < -0.4 is 14.7 Å². The second-order valence-electron chi connectivity index (χ2n) is 16.1. The Bertz CT molecular complexity index is 2940. The lowest BCUT2D eigenvalue weighted by molar-refractivity contribution is 0.630. The zero-order chi connectivity index (χ0) is 40.9. The summed E-state index contributed by atoms with van der Waals surface area (Å²) in [5.74, 6) is 0. The van der Waals surface area contributed by atoms with Crippen LogP contribution in [0.4, 0.5) is 51.2 Å². The maximum Gasteiger partial charge on any atom is 0.0964 e. The zero-order valence-electron chi connectivity index (χ0n) is 34.1. The van der Waals surface area contributed by atoms with Gasteiger partial charge in [0.1, 0.15) is 0 Å². The van der Waals surface area contributed by atoms with E-state index in [0.717, 1.165) is 67.6 Å². The van der Waals surface area contributed by atoms with Gasteiger partial charge in [-0.1, -0.05) is 105 Å². The molecule has 61 heavy (non-hydrogen) atoms. The molecule has 5 heteroatoms. The van der Waals surface area contributed by atoms with E-state index in [4.69, 9.17) is 4.98 Å². The summed E-state index contributed by atoms with van der Waals surface area (Å²) < 4.78 is 2.43. The number of nitrogens with zero attached hydrogens (tertiary/aromatic N) is 5. The van der Waals surface area contributed by atoms with Crippen LogP contribution in [0.2, 0.25) is 0 Å². The molecule has 5 nitrogen and oxygen atoms in total. The van der Waals surface area contributed by atoms with E-state index in [0.29, 0.717) is 0 Å². The van der Waals surface area contributed by atoms with Gasteiger partial charge >= 0.3 is 0 Å². The maximum absolute atomic E-state index is 5.04. The minimum Gasteiger partial charge on any atom is -0.311 e. The van der Waals surface area contributed by atoms with E-state index in [1.807, 2.05) is 12.3 Å². The van der Waals surface area contributed by atoms with Crippen molar-refractivity contribution in [2.45, 2.75) is 19.3 Å². The first-order valence-electron chi connectivity index (χ1n) is 20.9. The van der Waals surface area contributed by atoms with E-state index in [2.05, 4.69) is 245 Å². The highest BCUT2D eigenvalue weighted by molar-refractivity contribution is 6.11. The molecular weight excluding hydrogens is 743 g/mol. The van der Waals surface area contributed by atoms with Crippen LogP contribution in [-0.4, -0.2) is 9.55 Å². The van der Waals surface area contributed by atoms with E-state index in [1.54, 1.807) is 0 Å². The Morgan fingerprint density at radius 1 is 0.377 bits per heavy atom. The van der Waals surface area contributed by atoms with Gasteiger partial charge < -0.3 is 19.3 Å². The van der Waals surface area contributed by atoms with Crippen molar-refractivity contribution in [1.82, 2.24) is 9.55 Å². The Kier molecular flexibility index (Phi) is 8.75. The van der Waals surface area contributed by atoms with Gasteiger partial charge in [-0.3, -0.25) is 4.98 Å². The maximum atomic E-state index is 5.04. The third kappa shape index (κ3) is 6.13. The number of fused-ring (bicyclic) bond motifs is 5. The zero-order valence-corrected chi connectivity index (χ0v) is 34.1. The molecule has 8 aromatic carbocycles. The topological polar surface area (TPSA) is 27.5 Å². The van der Waals surface area contributed by atoms with Crippen LogP contribution in [0.25, 0.3) is 27.6 Å². The fourth-order valence-corrected chi connectivity index (χ4v) is 9.30. The smallest absolute Gasteiger partial charge is 0.0964 e. The predicted octanol–water partition coefficient (Wildman–Crippen LogP) is 15.2. The van der Waals surface area contributed by atoms with Crippen LogP contribution in [-0.2, 0) is 5.41 Å². The second kappa shape index (κ2) is 14.7. The summed E-state index contributed by atoms with van der Waals surface area (Å²) in [4.78, 5) is 12.1. The number of hydrogen-bond acceptors (Lipinski definition) is 4. The number of aromatic nitrogens is 2. The molecule has 1 aliphatic heterocycles. The molecule has 0 atom stereocenters. The molecule has 0 fully saturated rings. The third-order valence-corrected chi connectivity index (χ3v) is 12.1. The lowest BCUT2D eigenvalue weighted by Crippen LogP contribution is -2.26. The number of pyridine rings is 1. The van der Waals surface area contributed by atoms with Crippen LogP contribution >= 0.6 is 0 Å². The van der Waals surface area contributed by atoms with E-state index in [1.165, 1.54) is 22.3 Å². The van der Waals surface area contributed by atoms with Crippen LogP contribution in [0.15, 0.2) is 225 Å². The quantitative estimate of drug-likeness (QED) is 0.146. The monoisotopic (exact) mass is 785 g/mol. The van der Waals surface area contributed by atoms with Gasteiger partial charge in [-0.2, -0.15) is 0 Å². The summed E-state index contributed by atoms with van der Waals surface area (Å²) in [6, 6.07) is 78.1. The molecule has 0 radical (unpaired) electrons. The molecule has 292 valence electrons. The van der Waals surface area contributed by atoms with Crippen molar-refractivity contribution in [2.75, 3.05) is 14.7 Å². The lowest BCUT2D eigenvalue weighted by atomic mass is 9.74.